The molecule has 0 heterocycles. The normalized spacial score (nSPS) is 18.9. The number of nitrogens with two attached hydrogens (primary N) is 2. The lowest BCUT2D eigenvalue weighted by Crippen LogP contribution is -2.36. The van der Waals surface area contributed by atoms with Gasteiger partial charge in [0.2, 0.25) is 0 Å². The SMILES string of the molecule is NNC(c1ccccc1N)C1CCC1. The van der Waals surface area contributed by atoms with Gasteiger partial charge < -0.3 is 5.73 Å². The van der Waals surface area contributed by atoms with E-state index < -0.39 is 0 Å². The molecule has 0 radical (unpaired) electrons. The molecular formula is C11H17N3. The van der Waals surface area contributed by atoms with E-state index in [1.165, 1.54) is 19.3 Å². The molecule has 0 spiro atoms. The Morgan fingerprint density at radius 2 is 2.00 bits per heavy atom. The van der Waals surface area contributed by atoms with Gasteiger partial charge in [-0.1, -0.05) is 24.6 Å². The number of anilines is 1. The van der Waals surface area contributed by atoms with Crippen LogP contribution in [0.25, 0.3) is 0 Å². The van der Waals surface area contributed by atoms with Crippen LogP contribution in [0.3, 0.4) is 0 Å². The molecule has 0 aromatic heterocycles. The second kappa shape index (κ2) is 3.98. The molecule has 2 rings (SSSR count). The number of rotatable bonds is 3. The summed E-state index contributed by atoms with van der Waals surface area (Å²) in [6.07, 6.45) is 3.82. The van der Waals surface area contributed by atoms with Gasteiger partial charge in [-0.15, -0.1) is 0 Å². The number of benzene rings is 1. The lowest BCUT2D eigenvalue weighted by atomic mass is 9.77. The molecule has 1 unspecified atom stereocenters. The van der Waals surface area contributed by atoms with E-state index in [4.69, 9.17) is 11.6 Å². The van der Waals surface area contributed by atoms with Gasteiger partial charge in [-0.3, -0.25) is 11.3 Å². The van der Waals surface area contributed by atoms with E-state index in [2.05, 4.69) is 11.5 Å². The van der Waals surface area contributed by atoms with Crippen molar-refractivity contribution in [2.24, 2.45) is 11.8 Å². The first-order chi connectivity index (χ1) is 6.83. The summed E-state index contributed by atoms with van der Waals surface area (Å²) < 4.78 is 0. The summed E-state index contributed by atoms with van der Waals surface area (Å²) >= 11 is 0. The molecule has 1 aliphatic carbocycles. The molecule has 76 valence electrons. The van der Waals surface area contributed by atoms with Gasteiger partial charge in [0.05, 0.1) is 6.04 Å². The van der Waals surface area contributed by atoms with Crippen LogP contribution in [-0.4, -0.2) is 0 Å². The van der Waals surface area contributed by atoms with Crippen molar-refractivity contribution in [3.63, 3.8) is 0 Å². The van der Waals surface area contributed by atoms with Crippen molar-refractivity contribution in [1.82, 2.24) is 5.43 Å². The summed E-state index contributed by atoms with van der Waals surface area (Å²) in [5.41, 5.74) is 10.8. The van der Waals surface area contributed by atoms with Gasteiger partial charge in [-0.25, -0.2) is 0 Å². The van der Waals surface area contributed by atoms with Crippen molar-refractivity contribution in [2.75, 3.05) is 5.73 Å². The molecule has 1 aromatic rings. The molecule has 0 aliphatic heterocycles. The minimum Gasteiger partial charge on any atom is -0.398 e. The molecular weight excluding hydrogens is 174 g/mol. The van der Waals surface area contributed by atoms with E-state index in [1.54, 1.807) is 0 Å². The lowest BCUT2D eigenvalue weighted by Gasteiger charge is -2.34. The summed E-state index contributed by atoms with van der Waals surface area (Å²) in [5, 5.41) is 0. The van der Waals surface area contributed by atoms with Crippen LogP contribution in [0.15, 0.2) is 24.3 Å². The maximum absolute atomic E-state index is 5.92. The predicted molar refractivity (Wildman–Crippen MR) is 58.3 cm³/mol. The number of hydrazine groups is 1. The molecule has 1 fully saturated rings. The van der Waals surface area contributed by atoms with E-state index in [0.717, 1.165) is 11.3 Å². The number of nitrogen functional groups attached to an aromatic ring is 1. The molecule has 3 heteroatoms. The van der Waals surface area contributed by atoms with Crippen LogP contribution in [0.4, 0.5) is 5.69 Å². The third-order valence-corrected chi connectivity index (χ3v) is 3.13. The van der Waals surface area contributed by atoms with E-state index in [0.29, 0.717) is 5.92 Å². The Morgan fingerprint density at radius 1 is 1.29 bits per heavy atom. The average molecular weight is 191 g/mol. The Bertz CT molecular complexity index is 307. The van der Waals surface area contributed by atoms with Crippen LogP contribution >= 0.6 is 0 Å². The van der Waals surface area contributed by atoms with Gasteiger partial charge in [0.1, 0.15) is 0 Å². The second-order valence-electron chi connectivity index (χ2n) is 3.96. The third-order valence-electron chi connectivity index (χ3n) is 3.13. The molecule has 1 atom stereocenters. The highest BCUT2D eigenvalue weighted by molar-refractivity contribution is 5.48. The fraction of sp³-hybridized carbons (Fsp3) is 0.455. The zero-order chi connectivity index (χ0) is 9.97. The summed E-state index contributed by atoms with van der Waals surface area (Å²) in [6, 6.07) is 8.17. The van der Waals surface area contributed by atoms with Crippen LogP contribution in [-0.2, 0) is 0 Å². The largest absolute Gasteiger partial charge is 0.398 e. The summed E-state index contributed by atoms with van der Waals surface area (Å²) in [5.74, 6) is 6.24. The van der Waals surface area contributed by atoms with Crippen LogP contribution in [0.5, 0.6) is 0 Å². The van der Waals surface area contributed by atoms with Crippen molar-refractivity contribution < 1.29 is 0 Å². The molecule has 14 heavy (non-hydrogen) atoms. The van der Waals surface area contributed by atoms with Crippen LogP contribution < -0.4 is 17.0 Å². The van der Waals surface area contributed by atoms with Gasteiger partial charge in [-0.2, -0.15) is 0 Å². The Hall–Kier alpha value is -1.06. The average Bonchev–Trinajstić information content (AvgIpc) is 2.12. The number of para-hydroxylation sites is 1. The smallest absolute Gasteiger partial charge is 0.0508 e. The monoisotopic (exact) mass is 191 g/mol. The Kier molecular flexibility index (Phi) is 2.70. The maximum Gasteiger partial charge on any atom is 0.0508 e. The van der Waals surface area contributed by atoms with Crippen LogP contribution in [0.1, 0.15) is 30.9 Å². The van der Waals surface area contributed by atoms with Gasteiger partial charge in [-0.05, 0) is 30.4 Å². The Morgan fingerprint density at radius 3 is 2.50 bits per heavy atom. The predicted octanol–water partition coefficient (Wildman–Crippen LogP) is 1.57. The first kappa shape index (κ1) is 9.49. The quantitative estimate of drug-likeness (QED) is 0.386. The van der Waals surface area contributed by atoms with Crippen LogP contribution in [0.2, 0.25) is 0 Å². The molecule has 0 amide bonds. The first-order valence-electron chi connectivity index (χ1n) is 5.13. The molecule has 1 saturated carbocycles. The minimum atomic E-state index is 0.227. The number of nitrogens with one attached hydrogen (secondary N) is 1. The van der Waals surface area contributed by atoms with Gasteiger partial charge in [0.15, 0.2) is 0 Å². The van der Waals surface area contributed by atoms with E-state index in [-0.39, 0.29) is 6.04 Å². The minimum absolute atomic E-state index is 0.227. The third kappa shape index (κ3) is 1.61. The Labute approximate surface area is 84.5 Å². The molecule has 0 saturated heterocycles. The van der Waals surface area contributed by atoms with E-state index in [1.807, 2.05) is 18.2 Å². The van der Waals surface area contributed by atoms with Crippen molar-refractivity contribution in [3.8, 4) is 0 Å². The number of hydrogen-bond donors (Lipinski definition) is 3. The van der Waals surface area contributed by atoms with Crippen molar-refractivity contribution in [3.05, 3.63) is 29.8 Å². The fourth-order valence-corrected chi connectivity index (χ4v) is 2.05. The fourth-order valence-electron chi connectivity index (χ4n) is 2.05. The van der Waals surface area contributed by atoms with Crippen LogP contribution in [0, 0.1) is 5.92 Å². The Balaban J connectivity index is 2.22. The van der Waals surface area contributed by atoms with Gasteiger partial charge in [0.25, 0.3) is 0 Å². The number of hydrogen-bond acceptors (Lipinski definition) is 3. The highest BCUT2D eigenvalue weighted by Gasteiger charge is 2.28. The second-order valence-corrected chi connectivity index (χ2v) is 3.96. The topological polar surface area (TPSA) is 64.1 Å². The molecule has 1 aliphatic rings. The molecule has 0 bridgehead atoms. The van der Waals surface area contributed by atoms with Gasteiger partial charge >= 0.3 is 0 Å². The molecule has 3 nitrogen and oxygen atoms in total. The van der Waals surface area contributed by atoms with Crippen molar-refractivity contribution in [1.29, 1.82) is 0 Å². The maximum atomic E-state index is 5.92. The highest BCUT2D eigenvalue weighted by atomic mass is 15.2. The summed E-state index contributed by atoms with van der Waals surface area (Å²) in [6.45, 7) is 0. The van der Waals surface area contributed by atoms with E-state index in [9.17, 15) is 0 Å². The highest BCUT2D eigenvalue weighted by Crippen LogP contribution is 2.38. The first-order valence-corrected chi connectivity index (χ1v) is 5.13. The van der Waals surface area contributed by atoms with Crippen molar-refractivity contribution in [2.45, 2.75) is 25.3 Å². The molecule has 5 N–H and O–H groups in total. The summed E-state index contributed by atoms with van der Waals surface area (Å²) in [4.78, 5) is 0. The standard InChI is InChI=1S/C11H17N3/c12-10-7-2-1-6-9(10)11(14-13)8-4-3-5-8/h1-2,6-8,11,14H,3-5,12-13H2. The summed E-state index contributed by atoms with van der Waals surface area (Å²) in [7, 11) is 0. The van der Waals surface area contributed by atoms with Gasteiger partial charge in [0, 0.05) is 5.69 Å². The zero-order valence-corrected chi connectivity index (χ0v) is 8.24. The molecule has 1 aromatic carbocycles. The van der Waals surface area contributed by atoms with Crippen molar-refractivity contribution >= 4 is 5.69 Å². The zero-order valence-electron chi connectivity index (χ0n) is 8.24. The van der Waals surface area contributed by atoms with E-state index >= 15 is 0 Å². The lowest BCUT2D eigenvalue weighted by molar-refractivity contribution is 0.233.